The van der Waals surface area contributed by atoms with Crippen molar-refractivity contribution in [2.75, 3.05) is 5.75 Å². The number of aliphatic carboxylic acids is 1. The predicted molar refractivity (Wildman–Crippen MR) is 132 cm³/mol. The molecule has 0 aliphatic rings. The maximum Gasteiger partial charge on any atom is 0.326 e. The minimum absolute atomic E-state index is 0.00784. The summed E-state index contributed by atoms with van der Waals surface area (Å²) in [5.74, 6) is -4.68. The number of aromatic amines is 1. The molecule has 14 heteroatoms. The molecular weight excluding hydrogens is 490 g/mol. The summed E-state index contributed by atoms with van der Waals surface area (Å²) in [4.78, 5) is 67.7. The first-order valence-electron chi connectivity index (χ1n) is 10.9. The molecular formula is C22H29N7O6S. The highest BCUT2D eigenvalue weighted by atomic mass is 32.1. The largest absolute Gasteiger partial charge is 0.480 e. The van der Waals surface area contributed by atoms with E-state index in [9.17, 15) is 29.1 Å². The van der Waals surface area contributed by atoms with Gasteiger partial charge in [-0.3, -0.25) is 19.2 Å². The summed E-state index contributed by atoms with van der Waals surface area (Å²) in [5, 5.41) is 16.6. The lowest BCUT2D eigenvalue weighted by atomic mass is 10.0. The van der Waals surface area contributed by atoms with E-state index in [2.05, 4.69) is 38.5 Å². The number of carboxylic acids is 1. The molecule has 1 aromatic heterocycles. The number of nitrogens with one attached hydrogen (secondary N) is 4. The number of hydrogen-bond donors (Lipinski definition) is 8. The highest BCUT2D eigenvalue weighted by Crippen LogP contribution is 2.06. The Balaban J connectivity index is 2.12. The van der Waals surface area contributed by atoms with E-state index in [0.29, 0.717) is 11.3 Å². The number of benzene rings is 1. The van der Waals surface area contributed by atoms with Crippen molar-refractivity contribution < 1.29 is 29.1 Å². The number of carboxylic acid groups (broad SMARTS) is 1. The van der Waals surface area contributed by atoms with E-state index in [4.69, 9.17) is 11.5 Å². The zero-order valence-corrected chi connectivity index (χ0v) is 20.1. The third-order valence-electron chi connectivity index (χ3n) is 5.08. The first-order valence-corrected chi connectivity index (χ1v) is 11.5. The first kappa shape index (κ1) is 28.3. The van der Waals surface area contributed by atoms with Crippen LogP contribution in [0.4, 0.5) is 0 Å². The van der Waals surface area contributed by atoms with E-state index < -0.39 is 60.2 Å². The van der Waals surface area contributed by atoms with Crippen molar-refractivity contribution >= 4 is 42.2 Å². The zero-order valence-electron chi connectivity index (χ0n) is 19.2. The lowest BCUT2D eigenvalue weighted by molar-refractivity contribution is -0.143. The molecule has 4 unspecified atom stereocenters. The molecule has 36 heavy (non-hydrogen) atoms. The summed E-state index contributed by atoms with van der Waals surface area (Å²) in [6.07, 6.45) is 2.50. The van der Waals surface area contributed by atoms with Crippen molar-refractivity contribution in [3.8, 4) is 0 Å². The van der Waals surface area contributed by atoms with Crippen molar-refractivity contribution in [2.24, 2.45) is 11.5 Å². The van der Waals surface area contributed by atoms with Crippen LogP contribution in [-0.4, -0.2) is 74.6 Å². The lowest BCUT2D eigenvalue weighted by Crippen LogP contribution is -2.58. The van der Waals surface area contributed by atoms with Crippen molar-refractivity contribution in [3.63, 3.8) is 0 Å². The zero-order chi connectivity index (χ0) is 26.7. The van der Waals surface area contributed by atoms with Gasteiger partial charge in [0.05, 0.1) is 18.8 Å². The fourth-order valence-electron chi connectivity index (χ4n) is 3.20. The number of H-pyrrole nitrogens is 1. The van der Waals surface area contributed by atoms with Crippen LogP contribution in [0.2, 0.25) is 0 Å². The van der Waals surface area contributed by atoms with E-state index in [-0.39, 0.29) is 18.6 Å². The average Bonchev–Trinajstić information content (AvgIpc) is 3.34. The van der Waals surface area contributed by atoms with E-state index >= 15 is 0 Å². The monoisotopic (exact) mass is 519 g/mol. The van der Waals surface area contributed by atoms with Gasteiger partial charge in [-0.25, -0.2) is 9.78 Å². The van der Waals surface area contributed by atoms with E-state index in [1.165, 1.54) is 12.5 Å². The van der Waals surface area contributed by atoms with Crippen LogP contribution in [0.5, 0.6) is 0 Å². The number of thiol groups is 1. The number of nitrogens with zero attached hydrogens (tertiary/aromatic N) is 1. The molecule has 0 aliphatic heterocycles. The topological polar surface area (TPSA) is 222 Å². The van der Waals surface area contributed by atoms with Crippen LogP contribution in [0.3, 0.4) is 0 Å². The maximum absolute atomic E-state index is 12.9. The normalized spacial score (nSPS) is 14.1. The quantitative estimate of drug-likeness (QED) is 0.128. The second-order valence-electron chi connectivity index (χ2n) is 7.95. The minimum atomic E-state index is -1.58. The molecule has 0 fully saturated rings. The molecule has 2 aromatic rings. The molecule has 4 atom stereocenters. The van der Waals surface area contributed by atoms with Crippen LogP contribution in [0.1, 0.15) is 17.7 Å². The summed E-state index contributed by atoms with van der Waals surface area (Å²) in [7, 11) is 0. The standard InChI is InChI=1S/C22H29N7O6S/c23-14(7-13-9-25-11-26-13)19(31)29-17(10-36)21(33)27-15(6-12-4-2-1-3-5-12)20(32)28-16(22(34)35)8-18(24)30/h1-5,9,11,14-17,36H,6-8,10,23H2,(H2,24,30)(H,25,26)(H,27,33)(H,28,32)(H,29,31)(H,34,35). The van der Waals surface area contributed by atoms with Gasteiger partial charge in [0.1, 0.15) is 18.1 Å². The fourth-order valence-corrected chi connectivity index (χ4v) is 3.46. The van der Waals surface area contributed by atoms with Gasteiger partial charge in [0.2, 0.25) is 23.6 Å². The van der Waals surface area contributed by atoms with Gasteiger partial charge in [-0.1, -0.05) is 30.3 Å². The van der Waals surface area contributed by atoms with Crippen molar-refractivity contribution in [1.82, 2.24) is 25.9 Å². The number of hydrogen-bond acceptors (Lipinski definition) is 8. The number of primary amides is 1. The first-order chi connectivity index (χ1) is 17.1. The second-order valence-corrected chi connectivity index (χ2v) is 8.32. The molecule has 194 valence electrons. The summed E-state index contributed by atoms with van der Waals surface area (Å²) in [6.45, 7) is 0. The van der Waals surface area contributed by atoms with Gasteiger partial charge in [0, 0.05) is 30.5 Å². The molecule has 0 bridgehead atoms. The number of rotatable bonds is 14. The highest BCUT2D eigenvalue weighted by Gasteiger charge is 2.30. The molecule has 2 rings (SSSR count). The lowest BCUT2D eigenvalue weighted by Gasteiger charge is -2.24. The van der Waals surface area contributed by atoms with Gasteiger partial charge in [0.15, 0.2) is 0 Å². The van der Waals surface area contributed by atoms with Crippen LogP contribution in [0.15, 0.2) is 42.9 Å². The summed E-state index contributed by atoms with van der Waals surface area (Å²) in [6, 6.07) is 3.75. The molecule has 9 N–H and O–H groups in total. The molecule has 0 aliphatic carbocycles. The third-order valence-corrected chi connectivity index (χ3v) is 5.45. The molecule has 13 nitrogen and oxygen atoms in total. The molecule has 0 spiro atoms. The number of imidazole rings is 1. The van der Waals surface area contributed by atoms with E-state index in [1.807, 2.05) is 0 Å². The Hall–Kier alpha value is -3.91. The summed E-state index contributed by atoms with van der Waals surface area (Å²) < 4.78 is 0. The Morgan fingerprint density at radius 3 is 2.11 bits per heavy atom. The van der Waals surface area contributed by atoms with Gasteiger partial charge in [-0.2, -0.15) is 12.6 Å². The number of carbonyl (C=O) groups excluding carboxylic acids is 4. The molecule has 0 saturated heterocycles. The molecule has 4 amide bonds. The molecule has 1 aromatic carbocycles. The average molecular weight is 520 g/mol. The summed E-state index contributed by atoms with van der Waals surface area (Å²) >= 11 is 4.12. The van der Waals surface area contributed by atoms with Crippen molar-refractivity contribution in [2.45, 2.75) is 43.4 Å². The maximum atomic E-state index is 12.9. The second kappa shape index (κ2) is 13.8. The van der Waals surface area contributed by atoms with E-state index in [1.54, 1.807) is 30.3 Å². The number of carbonyl (C=O) groups is 5. The number of amides is 4. The molecule has 0 radical (unpaired) electrons. The molecule has 0 saturated carbocycles. The van der Waals surface area contributed by atoms with Gasteiger partial charge in [-0.05, 0) is 5.56 Å². The van der Waals surface area contributed by atoms with Gasteiger partial charge >= 0.3 is 5.97 Å². The van der Waals surface area contributed by atoms with Crippen LogP contribution in [0.25, 0.3) is 0 Å². The van der Waals surface area contributed by atoms with Crippen LogP contribution in [-0.2, 0) is 36.8 Å². The number of nitrogens with two attached hydrogens (primary N) is 2. The fraction of sp³-hybridized carbons (Fsp3) is 0.364. The summed E-state index contributed by atoms with van der Waals surface area (Å²) in [5.41, 5.74) is 12.3. The Morgan fingerprint density at radius 1 is 0.944 bits per heavy atom. The molecule has 1 heterocycles. The van der Waals surface area contributed by atoms with Crippen molar-refractivity contribution in [1.29, 1.82) is 0 Å². The van der Waals surface area contributed by atoms with Gasteiger partial charge in [-0.15, -0.1) is 0 Å². The van der Waals surface area contributed by atoms with Crippen LogP contribution in [0, 0.1) is 0 Å². The Kier molecular flexibility index (Phi) is 10.9. The van der Waals surface area contributed by atoms with Crippen LogP contribution >= 0.6 is 12.6 Å². The predicted octanol–water partition coefficient (Wildman–Crippen LogP) is -2.13. The van der Waals surface area contributed by atoms with Crippen LogP contribution < -0.4 is 27.4 Å². The van der Waals surface area contributed by atoms with Crippen molar-refractivity contribution in [3.05, 3.63) is 54.1 Å². The highest BCUT2D eigenvalue weighted by molar-refractivity contribution is 7.80. The van der Waals surface area contributed by atoms with E-state index in [0.717, 1.165) is 0 Å². The Labute approximate surface area is 212 Å². The van der Waals surface area contributed by atoms with Gasteiger partial charge < -0.3 is 37.5 Å². The van der Waals surface area contributed by atoms with Gasteiger partial charge in [0.25, 0.3) is 0 Å². The Bertz CT molecular complexity index is 1050. The number of aromatic nitrogens is 2. The smallest absolute Gasteiger partial charge is 0.326 e. The Morgan fingerprint density at radius 2 is 1.56 bits per heavy atom. The third kappa shape index (κ3) is 9.03. The SMILES string of the molecule is NC(=O)CC(NC(=O)C(Cc1ccccc1)NC(=O)C(CS)NC(=O)C(N)Cc1cnc[nH]1)C(=O)O. The minimum Gasteiger partial charge on any atom is -0.480 e.